The van der Waals surface area contributed by atoms with E-state index in [9.17, 15) is 4.79 Å². The fourth-order valence-corrected chi connectivity index (χ4v) is 1.02. The third-order valence-corrected chi connectivity index (χ3v) is 1.86. The molecule has 4 nitrogen and oxygen atoms in total. The molecule has 94 valence electrons. The van der Waals surface area contributed by atoms with Gasteiger partial charge in [0.2, 0.25) is 5.91 Å². The largest absolute Gasteiger partial charge is 0.355 e. The van der Waals surface area contributed by atoms with E-state index in [1.165, 1.54) is 0 Å². The quantitative estimate of drug-likeness (QED) is 0.592. The first-order valence-corrected chi connectivity index (χ1v) is 4.95. The van der Waals surface area contributed by atoms with Crippen molar-refractivity contribution in [3.05, 3.63) is 0 Å². The summed E-state index contributed by atoms with van der Waals surface area (Å²) in [5.74, 6) is -0.0427. The molecule has 0 radical (unpaired) electrons. The molecule has 0 aliphatic heterocycles. The number of carbonyl (C=O) groups is 1. The van der Waals surface area contributed by atoms with Crippen LogP contribution in [0.4, 0.5) is 0 Å². The zero-order chi connectivity index (χ0) is 10.1. The zero-order valence-corrected chi connectivity index (χ0v) is 10.8. The van der Waals surface area contributed by atoms with Gasteiger partial charge in [-0.05, 0) is 25.8 Å². The van der Waals surface area contributed by atoms with Crippen LogP contribution in [0.15, 0.2) is 0 Å². The van der Waals surface area contributed by atoms with Gasteiger partial charge in [0.25, 0.3) is 0 Å². The first-order valence-electron chi connectivity index (χ1n) is 4.95. The van der Waals surface area contributed by atoms with E-state index < -0.39 is 0 Å². The molecule has 1 atom stereocenters. The Balaban J connectivity index is -0.000000720. The van der Waals surface area contributed by atoms with E-state index in [2.05, 4.69) is 5.32 Å². The average Bonchev–Trinajstić information content (AvgIpc) is 2.14. The maximum absolute atomic E-state index is 11.2. The molecule has 0 heterocycles. The van der Waals surface area contributed by atoms with Crippen LogP contribution in [0.1, 0.15) is 32.6 Å². The fourth-order valence-electron chi connectivity index (χ4n) is 1.02. The lowest BCUT2D eigenvalue weighted by atomic mass is 10.1. The van der Waals surface area contributed by atoms with Gasteiger partial charge in [-0.15, -0.1) is 24.8 Å². The van der Waals surface area contributed by atoms with Crippen molar-refractivity contribution >= 4 is 30.7 Å². The van der Waals surface area contributed by atoms with E-state index in [0.717, 1.165) is 25.7 Å². The van der Waals surface area contributed by atoms with Gasteiger partial charge in [-0.3, -0.25) is 4.79 Å². The minimum absolute atomic E-state index is 0. The van der Waals surface area contributed by atoms with Crippen molar-refractivity contribution in [3.63, 3.8) is 0 Å². The third kappa shape index (κ3) is 11.9. The van der Waals surface area contributed by atoms with E-state index in [1.807, 2.05) is 6.92 Å². The Morgan fingerprint density at radius 1 is 1.33 bits per heavy atom. The van der Waals surface area contributed by atoms with Crippen molar-refractivity contribution in [2.45, 2.75) is 38.6 Å². The summed E-state index contributed by atoms with van der Waals surface area (Å²) in [5, 5.41) is 2.76. The molecule has 0 rings (SSSR count). The maximum Gasteiger partial charge on any atom is 0.236 e. The zero-order valence-electron chi connectivity index (χ0n) is 9.20. The molecule has 0 spiro atoms. The molecule has 0 aromatic rings. The van der Waals surface area contributed by atoms with Crippen LogP contribution in [-0.4, -0.2) is 25.0 Å². The lowest BCUT2D eigenvalue weighted by Crippen LogP contribution is -2.40. The van der Waals surface area contributed by atoms with Gasteiger partial charge < -0.3 is 16.8 Å². The molecule has 0 aliphatic rings. The number of nitrogens with one attached hydrogen (secondary N) is 1. The van der Waals surface area contributed by atoms with E-state index in [-0.39, 0.29) is 36.8 Å². The Bertz CT molecular complexity index is 147. The molecule has 0 unspecified atom stereocenters. The highest BCUT2D eigenvalue weighted by Crippen LogP contribution is 1.97. The Kier molecular flexibility index (Phi) is 19.0. The highest BCUT2D eigenvalue weighted by molar-refractivity contribution is 5.85. The van der Waals surface area contributed by atoms with Gasteiger partial charge in [-0.25, -0.2) is 0 Å². The van der Waals surface area contributed by atoms with Crippen molar-refractivity contribution in [2.24, 2.45) is 11.5 Å². The first kappa shape index (κ1) is 20.4. The predicted molar refractivity (Wildman–Crippen MR) is 68.7 cm³/mol. The Labute approximate surface area is 104 Å². The van der Waals surface area contributed by atoms with Gasteiger partial charge in [-0.2, -0.15) is 0 Å². The van der Waals surface area contributed by atoms with Crippen molar-refractivity contribution in [3.8, 4) is 0 Å². The molecule has 15 heavy (non-hydrogen) atoms. The van der Waals surface area contributed by atoms with Crippen LogP contribution < -0.4 is 16.8 Å². The second-order valence-corrected chi connectivity index (χ2v) is 3.18. The van der Waals surface area contributed by atoms with E-state index in [0.29, 0.717) is 13.1 Å². The summed E-state index contributed by atoms with van der Waals surface area (Å²) in [6, 6.07) is -0.363. The summed E-state index contributed by atoms with van der Waals surface area (Å²) in [6.45, 7) is 3.40. The SMILES string of the molecule is CCCNC(=O)[C@@H](N)CCCCN.Cl.Cl. The van der Waals surface area contributed by atoms with Gasteiger partial charge >= 0.3 is 0 Å². The molecule has 1 amide bonds. The van der Waals surface area contributed by atoms with Crippen molar-refractivity contribution < 1.29 is 4.79 Å². The van der Waals surface area contributed by atoms with Gasteiger partial charge in [0, 0.05) is 6.54 Å². The van der Waals surface area contributed by atoms with Crippen LogP contribution in [0.25, 0.3) is 0 Å². The lowest BCUT2D eigenvalue weighted by molar-refractivity contribution is -0.122. The van der Waals surface area contributed by atoms with Crippen molar-refractivity contribution in [2.75, 3.05) is 13.1 Å². The topological polar surface area (TPSA) is 81.1 Å². The van der Waals surface area contributed by atoms with E-state index >= 15 is 0 Å². The summed E-state index contributed by atoms with van der Waals surface area (Å²) in [6.07, 6.45) is 3.54. The van der Waals surface area contributed by atoms with Crippen LogP contribution in [0.2, 0.25) is 0 Å². The smallest absolute Gasteiger partial charge is 0.236 e. The molecule has 0 aromatic heterocycles. The molecule has 6 heteroatoms. The number of nitrogens with two attached hydrogens (primary N) is 2. The third-order valence-electron chi connectivity index (χ3n) is 1.86. The number of hydrogen-bond donors (Lipinski definition) is 3. The monoisotopic (exact) mass is 259 g/mol. The molecule has 0 saturated heterocycles. The number of amides is 1. The van der Waals surface area contributed by atoms with E-state index in [4.69, 9.17) is 11.5 Å². The second kappa shape index (κ2) is 14.0. The summed E-state index contributed by atoms with van der Waals surface area (Å²) < 4.78 is 0. The Hall–Kier alpha value is -0.0300. The first-order chi connectivity index (χ1) is 6.22. The Morgan fingerprint density at radius 2 is 1.93 bits per heavy atom. The summed E-state index contributed by atoms with van der Waals surface area (Å²) in [7, 11) is 0. The summed E-state index contributed by atoms with van der Waals surface area (Å²) >= 11 is 0. The van der Waals surface area contributed by atoms with Gasteiger partial charge in [0.15, 0.2) is 0 Å². The van der Waals surface area contributed by atoms with E-state index in [1.54, 1.807) is 0 Å². The normalized spacial score (nSPS) is 10.9. The Morgan fingerprint density at radius 3 is 2.40 bits per heavy atom. The maximum atomic E-state index is 11.2. The standard InChI is InChI=1S/C9H21N3O.2ClH/c1-2-7-12-9(13)8(11)5-3-4-6-10;;/h8H,2-7,10-11H2,1H3,(H,12,13);2*1H/t8-;;/m0../s1. The number of halogens is 2. The number of unbranched alkanes of at least 4 members (excludes halogenated alkanes) is 1. The summed E-state index contributed by atoms with van der Waals surface area (Å²) in [5.41, 5.74) is 11.0. The molecular weight excluding hydrogens is 237 g/mol. The molecule has 0 saturated carbocycles. The van der Waals surface area contributed by atoms with Gasteiger partial charge in [-0.1, -0.05) is 13.3 Å². The van der Waals surface area contributed by atoms with Gasteiger partial charge in [0.05, 0.1) is 6.04 Å². The van der Waals surface area contributed by atoms with Crippen LogP contribution in [0.5, 0.6) is 0 Å². The number of carbonyl (C=O) groups excluding carboxylic acids is 1. The van der Waals surface area contributed by atoms with Crippen LogP contribution in [0, 0.1) is 0 Å². The fraction of sp³-hybridized carbons (Fsp3) is 0.889. The molecule has 0 bridgehead atoms. The van der Waals surface area contributed by atoms with Crippen LogP contribution >= 0.6 is 24.8 Å². The molecule has 0 aliphatic carbocycles. The van der Waals surface area contributed by atoms with Crippen molar-refractivity contribution in [1.29, 1.82) is 0 Å². The molecule has 5 N–H and O–H groups in total. The average molecular weight is 260 g/mol. The molecule has 0 aromatic carbocycles. The second-order valence-electron chi connectivity index (χ2n) is 3.18. The number of rotatable bonds is 7. The van der Waals surface area contributed by atoms with Crippen molar-refractivity contribution in [1.82, 2.24) is 5.32 Å². The highest BCUT2D eigenvalue weighted by atomic mass is 35.5. The van der Waals surface area contributed by atoms with Crippen LogP contribution in [-0.2, 0) is 4.79 Å². The number of hydrogen-bond acceptors (Lipinski definition) is 3. The molecular formula is C9H23Cl2N3O. The minimum atomic E-state index is -0.363. The van der Waals surface area contributed by atoms with Gasteiger partial charge in [0.1, 0.15) is 0 Å². The van der Waals surface area contributed by atoms with Crippen LogP contribution in [0.3, 0.4) is 0 Å². The lowest BCUT2D eigenvalue weighted by Gasteiger charge is -2.10. The summed E-state index contributed by atoms with van der Waals surface area (Å²) in [4.78, 5) is 11.2. The minimum Gasteiger partial charge on any atom is -0.355 e. The highest BCUT2D eigenvalue weighted by Gasteiger charge is 2.10. The predicted octanol–water partition coefficient (Wildman–Crippen LogP) is 0.812. The molecule has 0 fully saturated rings.